The summed E-state index contributed by atoms with van der Waals surface area (Å²) in [6, 6.07) is 19.3. The van der Waals surface area contributed by atoms with Crippen molar-refractivity contribution in [2.75, 3.05) is 4.72 Å². The molecule has 2 N–H and O–H groups in total. The Balaban J connectivity index is 1.51. The number of H-pyrrole nitrogens is 1. The molecule has 0 saturated heterocycles. The fourth-order valence-corrected chi connectivity index (χ4v) is 4.25. The Labute approximate surface area is 167 Å². The van der Waals surface area contributed by atoms with E-state index < -0.39 is 15.8 Å². The average molecular weight is 410 g/mol. The number of aryl methyl sites for hydroxylation is 1. The molecule has 4 rings (SSSR count). The summed E-state index contributed by atoms with van der Waals surface area (Å²) < 4.78 is 38.8. The second kappa shape index (κ2) is 7.48. The van der Waals surface area contributed by atoms with Gasteiger partial charge in [0, 0.05) is 11.8 Å². The molecule has 148 valence electrons. The van der Waals surface area contributed by atoms with Gasteiger partial charge in [-0.3, -0.25) is 9.71 Å². The van der Waals surface area contributed by atoms with E-state index in [0.717, 1.165) is 5.56 Å². The van der Waals surface area contributed by atoms with Gasteiger partial charge in [-0.25, -0.2) is 13.2 Å². The van der Waals surface area contributed by atoms with Gasteiger partial charge in [-0.1, -0.05) is 30.3 Å². The number of oxazole rings is 1. The van der Waals surface area contributed by atoms with Crippen LogP contribution in [0.25, 0.3) is 11.1 Å². The summed E-state index contributed by atoms with van der Waals surface area (Å²) in [5, 5.41) is 0. The van der Waals surface area contributed by atoms with Crippen molar-refractivity contribution in [3.63, 3.8) is 0 Å². The third-order valence-electron chi connectivity index (χ3n) is 4.36. The second-order valence-corrected chi connectivity index (χ2v) is 8.18. The number of nitrogens with one attached hydrogen (secondary N) is 2. The van der Waals surface area contributed by atoms with E-state index in [4.69, 9.17) is 9.15 Å². The molecule has 0 radical (unpaired) electrons. The molecule has 0 aliphatic rings. The maximum atomic E-state index is 12.8. The second-order valence-electron chi connectivity index (χ2n) is 6.53. The number of benzene rings is 3. The normalized spacial score (nSPS) is 11.5. The number of aromatic nitrogens is 1. The van der Waals surface area contributed by atoms with Crippen LogP contribution in [0.2, 0.25) is 0 Å². The lowest BCUT2D eigenvalue weighted by atomic mass is 10.2. The van der Waals surface area contributed by atoms with Gasteiger partial charge in [0.25, 0.3) is 10.0 Å². The standard InChI is InChI=1S/C21H18N2O5S/c1-14-11-18-19(28-21(24)22-18)12-20(14)29(25,26)23-16-7-9-17(10-8-16)27-13-15-5-3-2-4-6-15/h2-12,23H,13H2,1H3,(H,22,24). The van der Waals surface area contributed by atoms with E-state index in [1.807, 2.05) is 30.3 Å². The fourth-order valence-electron chi connectivity index (χ4n) is 2.95. The molecule has 0 atom stereocenters. The first kappa shape index (κ1) is 18.8. The van der Waals surface area contributed by atoms with Crippen molar-refractivity contribution in [1.29, 1.82) is 0 Å². The van der Waals surface area contributed by atoms with E-state index >= 15 is 0 Å². The molecule has 0 spiro atoms. The first-order valence-corrected chi connectivity index (χ1v) is 10.3. The smallest absolute Gasteiger partial charge is 0.417 e. The van der Waals surface area contributed by atoms with Gasteiger partial charge in [0.15, 0.2) is 5.58 Å². The first-order valence-electron chi connectivity index (χ1n) is 8.84. The molecule has 1 heterocycles. The third-order valence-corrected chi connectivity index (χ3v) is 5.88. The summed E-state index contributed by atoms with van der Waals surface area (Å²) in [5.41, 5.74) is 2.56. The lowest BCUT2D eigenvalue weighted by molar-refractivity contribution is 0.306. The highest BCUT2D eigenvalue weighted by atomic mass is 32.2. The Hall–Kier alpha value is -3.52. The van der Waals surface area contributed by atoms with Crippen LogP contribution in [0.1, 0.15) is 11.1 Å². The number of anilines is 1. The number of hydrogen-bond acceptors (Lipinski definition) is 5. The molecule has 0 fully saturated rings. The van der Waals surface area contributed by atoms with Crippen LogP contribution >= 0.6 is 0 Å². The maximum absolute atomic E-state index is 12.8. The summed E-state index contributed by atoms with van der Waals surface area (Å²) in [7, 11) is -3.86. The monoisotopic (exact) mass is 410 g/mol. The zero-order chi connectivity index (χ0) is 20.4. The van der Waals surface area contributed by atoms with Crippen molar-refractivity contribution in [1.82, 2.24) is 4.98 Å². The highest BCUT2D eigenvalue weighted by Gasteiger charge is 2.19. The number of sulfonamides is 1. The summed E-state index contributed by atoms with van der Waals surface area (Å²) >= 11 is 0. The van der Waals surface area contributed by atoms with Crippen LogP contribution in [-0.2, 0) is 16.6 Å². The Morgan fingerprint density at radius 3 is 2.48 bits per heavy atom. The van der Waals surface area contributed by atoms with Gasteiger partial charge in [0.2, 0.25) is 0 Å². The molecule has 3 aromatic carbocycles. The van der Waals surface area contributed by atoms with E-state index in [1.165, 1.54) is 6.07 Å². The Morgan fingerprint density at radius 1 is 1.03 bits per heavy atom. The van der Waals surface area contributed by atoms with Crippen LogP contribution in [0, 0.1) is 6.92 Å². The van der Waals surface area contributed by atoms with Gasteiger partial charge < -0.3 is 9.15 Å². The Bertz CT molecular complexity index is 1310. The van der Waals surface area contributed by atoms with Crippen LogP contribution < -0.4 is 15.2 Å². The lowest BCUT2D eigenvalue weighted by Gasteiger charge is -2.11. The quantitative estimate of drug-likeness (QED) is 0.503. The van der Waals surface area contributed by atoms with Crippen molar-refractivity contribution >= 4 is 26.8 Å². The molecule has 29 heavy (non-hydrogen) atoms. The lowest BCUT2D eigenvalue weighted by Crippen LogP contribution is -2.14. The minimum atomic E-state index is -3.86. The van der Waals surface area contributed by atoms with Gasteiger partial charge in [0.1, 0.15) is 12.4 Å². The molecular formula is C21H18N2O5S. The van der Waals surface area contributed by atoms with E-state index in [1.54, 1.807) is 37.3 Å². The number of fused-ring (bicyclic) bond motifs is 1. The van der Waals surface area contributed by atoms with Gasteiger partial charge in [-0.05, 0) is 48.4 Å². The first-order chi connectivity index (χ1) is 13.9. The Kier molecular flexibility index (Phi) is 4.85. The third kappa shape index (κ3) is 4.17. The van der Waals surface area contributed by atoms with Gasteiger partial charge >= 0.3 is 5.76 Å². The molecule has 0 saturated carbocycles. The fraction of sp³-hybridized carbons (Fsp3) is 0.0952. The topological polar surface area (TPSA) is 101 Å². The van der Waals surface area contributed by atoms with Crippen LogP contribution in [-0.4, -0.2) is 13.4 Å². The summed E-state index contributed by atoms with van der Waals surface area (Å²) in [4.78, 5) is 13.9. The summed E-state index contributed by atoms with van der Waals surface area (Å²) in [6.45, 7) is 2.08. The van der Waals surface area contributed by atoms with Gasteiger partial charge in [-0.15, -0.1) is 0 Å². The molecule has 8 heteroatoms. The zero-order valence-electron chi connectivity index (χ0n) is 15.5. The van der Waals surface area contributed by atoms with Gasteiger partial charge in [-0.2, -0.15) is 0 Å². The van der Waals surface area contributed by atoms with Crippen LogP contribution in [0.4, 0.5) is 5.69 Å². The molecule has 7 nitrogen and oxygen atoms in total. The highest BCUT2D eigenvalue weighted by Crippen LogP contribution is 2.25. The van der Waals surface area contributed by atoms with E-state index in [9.17, 15) is 13.2 Å². The molecule has 0 unspecified atom stereocenters. The minimum absolute atomic E-state index is 0.0390. The summed E-state index contributed by atoms with van der Waals surface area (Å²) in [6.07, 6.45) is 0. The minimum Gasteiger partial charge on any atom is -0.489 e. The highest BCUT2D eigenvalue weighted by molar-refractivity contribution is 7.92. The molecule has 4 aromatic rings. The van der Waals surface area contributed by atoms with Gasteiger partial charge in [0.05, 0.1) is 10.4 Å². The number of rotatable bonds is 6. The van der Waals surface area contributed by atoms with Crippen molar-refractivity contribution in [2.45, 2.75) is 18.4 Å². The van der Waals surface area contributed by atoms with Crippen LogP contribution in [0.15, 0.2) is 80.8 Å². The van der Waals surface area contributed by atoms with Crippen molar-refractivity contribution in [3.8, 4) is 5.75 Å². The van der Waals surface area contributed by atoms with E-state index in [-0.39, 0.29) is 10.5 Å². The van der Waals surface area contributed by atoms with Crippen molar-refractivity contribution in [2.24, 2.45) is 0 Å². The maximum Gasteiger partial charge on any atom is 0.417 e. The largest absolute Gasteiger partial charge is 0.489 e. The zero-order valence-corrected chi connectivity index (χ0v) is 16.3. The van der Waals surface area contributed by atoms with Crippen molar-refractivity contribution < 1.29 is 17.6 Å². The predicted molar refractivity (Wildman–Crippen MR) is 110 cm³/mol. The van der Waals surface area contributed by atoms with Crippen LogP contribution in [0.3, 0.4) is 0 Å². The van der Waals surface area contributed by atoms with E-state index in [0.29, 0.717) is 29.1 Å². The number of hydrogen-bond donors (Lipinski definition) is 2. The molecule has 0 aliphatic heterocycles. The summed E-state index contributed by atoms with van der Waals surface area (Å²) in [5.74, 6) is -0.00324. The van der Waals surface area contributed by atoms with Crippen LogP contribution in [0.5, 0.6) is 5.75 Å². The van der Waals surface area contributed by atoms with E-state index in [2.05, 4.69) is 9.71 Å². The molecule has 0 aliphatic carbocycles. The number of aromatic amines is 1. The SMILES string of the molecule is Cc1cc2[nH]c(=O)oc2cc1S(=O)(=O)Nc1ccc(OCc2ccccc2)cc1. The average Bonchev–Trinajstić information content (AvgIpc) is 3.06. The Morgan fingerprint density at radius 2 is 1.76 bits per heavy atom. The molecule has 1 aromatic heterocycles. The predicted octanol–water partition coefficient (Wildman–Crippen LogP) is 3.81. The molecule has 0 bridgehead atoms. The molecular weight excluding hydrogens is 392 g/mol. The number of ether oxygens (including phenoxy) is 1. The van der Waals surface area contributed by atoms with Crippen molar-refractivity contribution in [3.05, 3.63) is 88.4 Å². The molecule has 0 amide bonds.